The number of hydrogen-bond donors (Lipinski definition) is 1. The van der Waals surface area contributed by atoms with Crippen LogP contribution in [0.2, 0.25) is 5.02 Å². The highest BCUT2D eigenvalue weighted by atomic mass is 35.5. The van der Waals surface area contributed by atoms with E-state index in [4.69, 9.17) is 16.3 Å². The van der Waals surface area contributed by atoms with Gasteiger partial charge in [0.2, 0.25) is 5.91 Å². The van der Waals surface area contributed by atoms with Crippen molar-refractivity contribution in [3.63, 3.8) is 0 Å². The summed E-state index contributed by atoms with van der Waals surface area (Å²) in [5, 5.41) is 0.712. The van der Waals surface area contributed by atoms with Crippen molar-refractivity contribution in [3.05, 3.63) is 22.7 Å². The molecule has 5 heteroatoms. The van der Waals surface area contributed by atoms with Crippen LogP contribution in [0.5, 0.6) is 5.75 Å². The average Bonchev–Trinajstić information content (AvgIpc) is 2.61. The van der Waals surface area contributed by atoms with Crippen LogP contribution in [0.15, 0.2) is 12.1 Å². The molecule has 1 aromatic rings. The molecule has 1 heterocycles. The van der Waals surface area contributed by atoms with Gasteiger partial charge in [0, 0.05) is 23.2 Å². The summed E-state index contributed by atoms with van der Waals surface area (Å²) in [5.74, 6) is 0.728. The van der Waals surface area contributed by atoms with Crippen molar-refractivity contribution < 1.29 is 9.53 Å². The maximum absolute atomic E-state index is 11.8. The summed E-state index contributed by atoms with van der Waals surface area (Å²) < 4.78 is 5.30. The zero-order valence-electron chi connectivity index (χ0n) is 9.74. The standard InChI is InChI=1S/C12H14ClNO2S/c1-7-3-11(16-2)10(5-9(7)13)14-6-8(17)4-12(14)15/h3,5,8,17H,4,6H2,1-2H3. The van der Waals surface area contributed by atoms with Gasteiger partial charge >= 0.3 is 0 Å². The third-order valence-corrected chi connectivity index (χ3v) is 3.61. The Morgan fingerprint density at radius 3 is 2.76 bits per heavy atom. The van der Waals surface area contributed by atoms with E-state index in [-0.39, 0.29) is 11.2 Å². The van der Waals surface area contributed by atoms with Crippen LogP contribution < -0.4 is 9.64 Å². The summed E-state index contributed by atoms with van der Waals surface area (Å²) in [4.78, 5) is 13.5. The quantitative estimate of drug-likeness (QED) is 0.838. The molecule has 1 aliphatic heterocycles. The van der Waals surface area contributed by atoms with Crippen molar-refractivity contribution in [2.24, 2.45) is 0 Å². The number of thiol groups is 1. The van der Waals surface area contributed by atoms with Crippen molar-refractivity contribution in [1.29, 1.82) is 0 Å². The van der Waals surface area contributed by atoms with Gasteiger partial charge in [-0.15, -0.1) is 0 Å². The molecule has 1 aliphatic rings. The second-order valence-electron chi connectivity index (χ2n) is 4.14. The van der Waals surface area contributed by atoms with Crippen LogP contribution in [0.25, 0.3) is 0 Å². The molecular weight excluding hydrogens is 258 g/mol. The van der Waals surface area contributed by atoms with E-state index < -0.39 is 0 Å². The first-order valence-electron chi connectivity index (χ1n) is 5.35. The minimum Gasteiger partial charge on any atom is -0.495 e. The Labute approximate surface area is 111 Å². The number of carbonyl (C=O) groups excluding carboxylic acids is 1. The molecule has 1 unspecified atom stereocenters. The topological polar surface area (TPSA) is 29.5 Å². The lowest BCUT2D eigenvalue weighted by Gasteiger charge is -2.20. The summed E-state index contributed by atoms with van der Waals surface area (Å²) in [6.45, 7) is 2.50. The van der Waals surface area contributed by atoms with E-state index in [0.29, 0.717) is 23.7 Å². The maximum atomic E-state index is 11.8. The first-order chi connectivity index (χ1) is 8.02. The molecule has 0 saturated carbocycles. The molecule has 0 N–H and O–H groups in total. The fourth-order valence-corrected chi connectivity index (χ4v) is 2.42. The fourth-order valence-electron chi connectivity index (χ4n) is 1.94. The predicted octanol–water partition coefficient (Wildman–Crippen LogP) is 2.69. The van der Waals surface area contributed by atoms with Crippen LogP contribution in [0.3, 0.4) is 0 Å². The zero-order chi connectivity index (χ0) is 12.6. The lowest BCUT2D eigenvalue weighted by atomic mass is 10.2. The van der Waals surface area contributed by atoms with Gasteiger partial charge in [-0.05, 0) is 24.6 Å². The maximum Gasteiger partial charge on any atom is 0.228 e. The van der Waals surface area contributed by atoms with E-state index in [0.717, 1.165) is 11.3 Å². The molecule has 1 aromatic carbocycles. The molecule has 17 heavy (non-hydrogen) atoms. The number of amides is 1. The van der Waals surface area contributed by atoms with Crippen LogP contribution in [0, 0.1) is 6.92 Å². The van der Waals surface area contributed by atoms with Gasteiger partial charge in [-0.2, -0.15) is 12.6 Å². The molecule has 1 saturated heterocycles. The van der Waals surface area contributed by atoms with Crippen LogP contribution >= 0.6 is 24.2 Å². The summed E-state index contributed by atoms with van der Waals surface area (Å²) in [6, 6.07) is 3.62. The SMILES string of the molecule is COc1cc(C)c(Cl)cc1N1CC(S)CC1=O. The Morgan fingerprint density at radius 1 is 1.53 bits per heavy atom. The van der Waals surface area contributed by atoms with E-state index in [1.54, 1.807) is 18.1 Å². The number of ether oxygens (including phenoxy) is 1. The van der Waals surface area contributed by atoms with Crippen molar-refractivity contribution in [2.75, 3.05) is 18.6 Å². The largest absolute Gasteiger partial charge is 0.495 e. The average molecular weight is 272 g/mol. The van der Waals surface area contributed by atoms with E-state index in [2.05, 4.69) is 12.6 Å². The molecule has 0 radical (unpaired) electrons. The van der Waals surface area contributed by atoms with Gasteiger partial charge in [0.25, 0.3) is 0 Å². The molecule has 0 bridgehead atoms. The smallest absolute Gasteiger partial charge is 0.228 e. The number of rotatable bonds is 2. The molecular formula is C12H14ClNO2S. The molecule has 1 atom stereocenters. The summed E-state index contributed by atoms with van der Waals surface area (Å²) in [7, 11) is 1.59. The predicted molar refractivity (Wildman–Crippen MR) is 72.5 cm³/mol. The number of methoxy groups -OCH3 is 1. The molecule has 0 spiro atoms. The van der Waals surface area contributed by atoms with E-state index >= 15 is 0 Å². The summed E-state index contributed by atoms with van der Waals surface area (Å²) >= 11 is 10.4. The van der Waals surface area contributed by atoms with Gasteiger partial charge < -0.3 is 9.64 Å². The highest BCUT2D eigenvalue weighted by Crippen LogP contribution is 2.36. The lowest BCUT2D eigenvalue weighted by molar-refractivity contribution is -0.117. The molecule has 2 rings (SSSR count). The van der Waals surface area contributed by atoms with Gasteiger partial charge in [0.15, 0.2) is 0 Å². The van der Waals surface area contributed by atoms with Crippen molar-refractivity contribution >= 4 is 35.8 Å². The second-order valence-corrected chi connectivity index (χ2v) is 5.27. The van der Waals surface area contributed by atoms with Crippen LogP contribution in [0.1, 0.15) is 12.0 Å². The third-order valence-electron chi connectivity index (χ3n) is 2.86. The van der Waals surface area contributed by atoms with Gasteiger partial charge in [0.1, 0.15) is 5.75 Å². The zero-order valence-corrected chi connectivity index (χ0v) is 11.4. The Hall–Kier alpha value is -0.870. The van der Waals surface area contributed by atoms with E-state index in [1.165, 1.54) is 0 Å². The number of aryl methyl sites for hydroxylation is 1. The minimum atomic E-state index is 0.0585. The van der Waals surface area contributed by atoms with E-state index in [1.807, 2.05) is 13.0 Å². The minimum absolute atomic E-state index is 0.0585. The summed E-state index contributed by atoms with van der Waals surface area (Å²) in [5.41, 5.74) is 1.66. The molecule has 92 valence electrons. The monoisotopic (exact) mass is 271 g/mol. The number of hydrogen-bond acceptors (Lipinski definition) is 3. The Morgan fingerprint density at radius 2 is 2.24 bits per heavy atom. The number of nitrogens with zero attached hydrogens (tertiary/aromatic N) is 1. The highest BCUT2D eigenvalue weighted by molar-refractivity contribution is 7.81. The van der Waals surface area contributed by atoms with Crippen molar-refractivity contribution in [2.45, 2.75) is 18.6 Å². The molecule has 0 aromatic heterocycles. The van der Waals surface area contributed by atoms with Gasteiger partial charge in [-0.25, -0.2) is 0 Å². The normalized spacial score (nSPS) is 19.9. The molecule has 1 fully saturated rings. The molecule has 1 amide bonds. The van der Waals surface area contributed by atoms with Crippen molar-refractivity contribution in [3.8, 4) is 5.75 Å². The number of halogens is 1. The Bertz CT molecular complexity index is 464. The van der Waals surface area contributed by atoms with Gasteiger partial charge in [-0.1, -0.05) is 11.6 Å². The van der Waals surface area contributed by atoms with Crippen LogP contribution in [0.4, 0.5) is 5.69 Å². The molecule has 0 aliphatic carbocycles. The third kappa shape index (κ3) is 2.38. The Kier molecular flexibility index (Phi) is 3.54. The molecule has 3 nitrogen and oxygen atoms in total. The fraction of sp³-hybridized carbons (Fsp3) is 0.417. The highest BCUT2D eigenvalue weighted by Gasteiger charge is 2.30. The number of benzene rings is 1. The lowest BCUT2D eigenvalue weighted by Crippen LogP contribution is -2.25. The number of carbonyl (C=O) groups is 1. The summed E-state index contributed by atoms with van der Waals surface area (Å²) in [6.07, 6.45) is 0.456. The first-order valence-corrected chi connectivity index (χ1v) is 6.25. The van der Waals surface area contributed by atoms with E-state index in [9.17, 15) is 4.79 Å². The second kappa shape index (κ2) is 4.78. The van der Waals surface area contributed by atoms with Gasteiger partial charge in [-0.3, -0.25) is 4.79 Å². The first kappa shape index (κ1) is 12.6. The van der Waals surface area contributed by atoms with Crippen LogP contribution in [-0.4, -0.2) is 24.8 Å². The van der Waals surface area contributed by atoms with Gasteiger partial charge in [0.05, 0.1) is 12.8 Å². The van der Waals surface area contributed by atoms with Crippen molar-refractivity contribution in [1.82, 2.24) is 0 Å². The Balaban J connectivity index is 2.44. The number of anilines is 1. The van der Waals surface area contributed by atoms with Crippen LogP contribution in [-0.2, 0) is 4.79 Å².